The Morgan fingerprint density at radius 3 is 0.731 bits per heavy atom. The van der Waals surface area contributed by atoms with Crippen LogP contribution in [0, 0.1) is 0 Å². The molecule has 0 saturated heterocycles. The summed E-state index contributed by atoms with van der Waals surface area (Å²) in [4.78, 5) is 79.3. The quantitative estimate of drug-likeness (QED) is 0.261. The fraction of sp³-hybridized carbons (Fsp3) is 0. The van der Waals surface area contributed by atoms with Crippen LogP contribution in [0.1, 0.15) is 62.1 Å². The summed E-state index contributed by atoms with van der Waals surface area (Å²) in [6, 6.07) is 0. The second kappa shape index (κ2) is 6.68. The molecule has 0 aliphatic rings. The van der Waals surface area contributed by atoms with E-state index in [4.69, 9.17) is 30.6 Å². The Kier molecular flexibility index (Phi) is 5.07. The van der Waals surface area contributed by atoms with E-state index in [1.54, 1.807) is 0 Å². The highest BCUT2D eigenvalue weighted by Gasteiger charge is 2.41. The Balaban J connectivity index is 4.56. The summed E-state index contributed by atoms with van der Waals surface area (Å²) in [6.45, 7) is 0. The highest BCUT2D eigenvalue weighted by atomic mass is 16.4. The molecule has 0 spiro atoms. The Hall–Kier alpha value is -4.29. The summed E-state index contributed by atoms with van der Waals surface area (Å²) in [5.41, 5.74) is -10.6. The smallest absolute Gasteiger partial charge is 0.377 e. The molecule has 0 aliphatic heterocycles. The van der Waals surface area contributed by atoms with E-state index in [1.807, 2.05) is 0 Å². The molecule has 13 nitrogen and oxygen atoms in total. The van der Waals surface area contributed by atoms with Crippen LogP contribution in [0.3, 0.4) is 0 Å². The molecule has 0 radical (unpaired) electrons. The molecule has 0 bridgehead atoms. The number of carbonyl (C=O) groups is 7. The molecule has 1 aromatic rings. The number of aliphatic carboxylic acids is 1. The van der Waals surface area contributed by atoms with Crippen molar-refractivity contribution in [2.24, 2.45) is 0 Å². The van der Waals surface area contributed by atoms with Crippen LogP contribution in [-0.2, 0) is 4.79 Å². The molecule has 1 rings (SSSR count). The maximum absolute atomic E-state index is 11.8. The van der Waals surface area contributed by atoms with Crippen molar-refractivity contribution in [2.75, 3.05) is 0 Å². The fourth-order valence-electron chi connectivity index (χ4n) is 2.15. The molecule has 0 heterocycles. The van der Waals surface area contributed by atoms with Crippen LogP contribution in [0.2, 0.25) is 0 Å². The molecule has 0 saturated carbocycles. The lowest BCUT2D eigenvalue weighted by Gasteiger charge is -2.16. The van der Waals surface area contributed by atoms with E-state index < -0.39 is 75.0 Å². The van der Waals surface area contributed by atoms with Crippen molar-refractivity contribution in [3.8, 4) is 0 Å². The predicted molar refractivity (Wildman–Crippen MR) is 73.2 cm³/mol. The number of Topliss-reactive ketones (excluding diaryl/α,β-unsaturated/α-hetero) is 1. The van der Waals surface area contributed by atoms with Crippen molar-refractivity contribution >= 4 is 41.6 Å². The topological polar surface area (TPSA) is 241 Å². The molecule has 1 aromatic carbocycles. The van der Waals surface area contributed by atoms with Crippen LogP contribution in [0.4, 0.5) is 0 Å². The number of carbonyl (C=O) groups excluding carboxylic acids is 1. The number of rotatable bonds is 7. The van der Waals surface area contributed by atoms with Gasteiger partial charge in [-0.15, -0.1) is 0 Å². The van der Waals surface area contributed by atoms with Gasteiger partial charge in [0.05, 0.1) is 33.4 Å². The molecule has 0 aromatic heterocycles. The first kappa shape index (κ1) is 19.8. The van der Waals surface area contributed by atoms with Crippen molar-refractivity contribution in [3.05, 3.63) is 33.4 Å². The van der Waals surface area contributed by atoms with Gasteiger partial charge in [-0.1, -0.05) is 0 Å². The lowest BCUT2D eigenvalue weighted by molar-refractivity contribution is -0.131. The highest BCUT2D eigenvalue weighted by Crippen LogP contribution is 2.30. The molecule has 0 aliphatic carbocycles. The van der Waals surface area contributed by atoms with E-state index in [9.17, 15) is 33.6 Å². The SMILES string of the molecule is O=C(O)C(=O)c1c(C(=O)O)c(C(=O)O)c(C(=O)O)c(C(=O)O)c1C(=O)O. The summed E-state index contributed by atoms with van der Waals surface area (Å²) in [5.74, 6) is -16.4. The highest BCUT2D eigenvalue weighted by molar-refractivity contribution is 6.43. The number of aromatic carboxylic acids is 5. The number of hydrogen-bond donors (Lipinski definition) is 6. The molecule has 6 N–H and O–H groups in total. The van der Waals surface area contributed by atoms with Gasteiger partial charge in [-0.2, -0.15) is 0 Å². The summed E-state index contributed by atoms with van der Waals surface area (Å²) in [5, 5.41) is 54.3. The zero-order valence-electron chi connectivity index (χ0n) is 12.0. The lowest BCUT2D eigenvalue weighted by atomic mass is 9.84. The third kappa shape index (κ3) is 3.03. The first-order valence-corrected chi connectivity index (χ1v) is 6.02. The summed E-state index contributed by atoms with van der Waals surface area (Å²) in [6.07, 6.45) is 0. The van der Waals surface area contributed by atoms with Gasteiger partial charge < -0.3 is 30.6 Å². The van der Waals surface area contributed by atoms with Crippen LogP contribution < -0.4 is 0 Å². The van der Waals surface area contributed by atoms with Gasteiger partial charge >= 0.3 is 35.8 Å². The van der Waals surface area contributed by atoms with Crippen LogP contribution in [-0.4, -0.2) is 72.2 Å². The fourth-order valence-corrected chi connectivity index (χ4v) is 2.15. The molecule has 13 heteroatoms. The zero-order valence-corrected chi connectivity index (χ0v) is 12.0. The number of benzene rings is 1. The molecular weight excluding hydrogens is 364 g/mol. The minimum absolute atomic E-state index is 1.73. The molecular formula is C13H6O13. The Bertz CT molecular complexity index is 867. The van der Waals surface area contributed by atoms with Crippen LogP contribution in [0.15, 0.2) is 0 Å². The van der Waals surface area contributed by atoms with E-state index in [2.05, 4.69) is 0 Å². The normalized spacial score (nSPS) is 10.0. The van der Waals surface area contributed by atoms with Gasteiger partial charge in [-0.25, -0.2) is 28.8 Å². The summed E-state index contributed by atoms with van der Waals surface area (Å²) in [7, 11) is 0. The molecule has 26 heavy (non-hydrogen) atoms. The lowest BCUT2D eigenvalue weighted by Crippen LogP contribution is -2.30. The van der Waals surface area contributed by atoms with E-state index in [0.717, 1.165) is 0 Å². The van der Waals surface area contributed by atoms with E-state index in [0.29, 0.717) is 0 Å². The maximum atomic E-state index is 11.8. The van der Waals surface area contributed by atoms with E-state index >= 15 is 0 Å². The van der Waals surface area contributed by atoms with Crippen molar-refractivity contribution in [1.29, 1.82) is 0 Å². The minimum atomic E-state index is -2.43. The molecule has 0 fully saturated rings. The average molecular weight is 370 g/mol. The van der Waals surface area contributed by atoms with Gasteiger partial charge in [0.15, 0.2) is 0 Å². The van der Waals surface area contributed by atoms with Gasteiger partial charge in [-0.05, 0) is 0 Å². The predicted octanol–water partition coefficient (Wildman–Crippen LogP) is -0.555. The number of carboxylic acid groups (broad SMARTS) is 6. The maximum Gasteiger partial charge on any atom is 0.377 e. The molecule has 0 atom stereocenters. The Morgan fingerprint density at radius 2 is 0.577 bits per heavy atom. The van der Waals surface area contributed by atoms with E-state index in [-0.39, 0.29) is 0 Å². The van der Waals surface area contributed by atoms with Crippen LogP contribution >= 0.6 is 0 Å². The van der Waals surface area contributed by atoms with Crippen molar-refractivity contribution < 1.29 is 64.2 Å². The third-order valence-electron chi connectivity index (χ3n) is 2.99. The monoisotopic (exact) mass is 370 g/mol. The number of carboxylic acids is 6. The van der Waals surface area contributed by atoms with Crippen molar-refractivity contribution in [3.63, 3.8) is 0 Å². The van der Waals surface area contributed by atoms with Gasteiger partial charge in [-0.3, -0.25) is 4.79 Å². The third-order valence-corrected chi connectivity index (χ3v) is 2.99. The average Bonchev–Trinajstić information content (AvgIpc) is 2.49. The van der Waals surface area contributed by atoms with Crippen molar-refractivity contribution in [2.45, 2.75) is 0 Å². The first-order chi connectivity index (χ1) is 11.8. The van der Waals surface area contributed by atoms with Crippen molar-refractivity contribution in [1.82, 2.24) is 0 Å². The standard InChI is InChI=1S/C13H6O13/c14-7(13(25)26)1-2(8(15)16)4(10(19)20)6(12(23)24)5(11(21)22)3(1)9(17)18/h(H,15,16)(H,17,18)(H,19,20)(H,21,22)(H,23,24)(H,25,26). The van der Waals surface area contributed by atoms with Crippen LogP contribution in [0.5, 0.6) is 0 Å². The minimum Gasteiger partial charge on any atom is -0.478 e. The Labute approximate surface area is 140 Å². The number of ketones is 1. The summed E-state index contributed by atoms with van der Waals surface area (Å²) >= 11 is 0. The van der Waals surface area contributed by atoms with Gasteiger partial charge in [0.25, 0.3) is 5.78 Å². The zero-order chi connectivity index (χ0) is 20.5. The van der Waals surface area contributed by atoms with Gasteiger partial charge in [0.1, 0.15) is 0 Å². The molecule has 136 valence electrons. The molecule has 0 amide bonds. The number of hydrogen-bond acceptors (Lipinski definition) is 7. The molecule has 0 unspecified atom stereocenters. The van der Waals surface area contributed by atoms with Gasteiger partial charge in [0, 0.05) is 0 Å². The van der Waals surface area contributed by atoms with Gasteiger partial charge in [0.2, 0.25) is 0 Å². The second-order valence-electron chi connectivity index (χ2n) is 4.41. The summed E-state index contributed by atoms with van der Waals surface area (Å²) < 4.78 is 0. The van der Waals surface area contributed by atoms with Crippen LogP contribution in [0.25, 0.3) is 0 Å². The van der Waals surface area contributed by atoms with E-state index in [1.165, 1.54) is 0 Å². The largest absolute Gasteiger partial charge is 0.478 e. The first-order valence-electron chi connectivity index (χ1n) is 6.02. The second-order valence-corrected chi connectivity index (χ2v) is 4.41. The Morgan fingerprint density at radius 1 is 0.385 bits per heavy atom.